The predicted octanol–water partition coefficient (Wildman–Crippen LogP) is 5.50. The molecule has 2 bridgehead atoms. The summed E-state index contributed by atoms with van der Waals surface area (Å²) in [5.41, 5.74) is 5.35. The van der Waals surface area contributed by atoms with E-state index in [1.54, 1.807) is 14.2 Å². The molecular weight excluding hydrogens is 701 g/mol. The van der Waals surface area contributed by atoms with E-state index in [-0.39, 0.29) is 49.1 Å². The molecule has 1 saturated heterocycles. The van der Waals surface area contributed by atoms with Gasteiger partial charge < -0.3 is 38.3 Å². The van der Waals surface area contributed by atoms with E-state index in [1.165, 1.54) is 10.4 Å². The van der Waals surface area contributed by atoms with Crippen LogP contribution in [-0.2, 0) is 22.0 Å². The second-order valence-electron chi connectivity index (χ2n) is 16.1. The highest BCUT2D eigenvalue weighted by Crippen LogP contribution is 2.58. The number of aliphatic hydroxyl groups excluding tert-OH is 1. The van der Waals surface area contributed by atoms with Crippen LogP contribution in [0.4, 0.5) is 0 Å². The van der Waals surface area contributed by atoms with Crippen molar-refractivity contribution in [2.45, 2.75) is 82.9 Å². The van der Waals surface area contributed by atoms with Crippen LogP contribution >= 0.6 is 0 Å². The Balaban J connectivity index is 1.34. The standard InChI is InChI=1S/C43H52N2O8Si/c1-25-19-27-20-32-42(47)45-31(36(44(32)6)34(27)40(38(25)49-8)50-23-48-7)21-30-35(41-39(51-24-52-41)26(2)37(30)46)33(45)22-53-54(43(3,4)5,28-15-11-9-12-16-28)29-17-13-10-14-18-29/h9-19,31-33,36,42,46-47H,20-24H2,1-8H3/t31-,32?,33-,36?,42-/m0/s1. The zero-order valence-corrected chi connectivity index (χ0v) is 33.5. The minimum absolute atomic E-state index is 0.0566. The predicted molar refractivity (Wildman–Crippen MR) is 209 cm³/mol. The Morgan fingerprint density at radius 2 is 1.52 bits per heavy atom. The number of aryl methyl sites for hydroxylation is 1. The number of hydrogen-bond donors (Lipinski definition) is 2. The quantitative estimate of drug-likeness (QED) is 0.168. The number of likely N-dealkylation sites (N-methyl/N-ethyl adjacent to an activating group) is 1. The van der Waals surface area contributed by atoms with Crippen molar-refractivity contribution in [3.05, 3.63) is 100 Å². The maximum atomic E-state index is 12.7. The molecule has 0 spiro atoms. The average molecular weight is 753 g/mol. The van der Waals surface area contributed by atoms with E-state index in [0.29, 0.717) is 41.4 Å². The van der Waals surface area contributed by atoms with Crippen molar-refractivity contribution in [2.75, 3.05) is 41.5 Å². The van der Waals surface area contributed by atoms with Gasteiger partial charge in [-0.2, -0.15) is 0 Å². The summed E-state index contributed by atoms with van der Waals surface area (Å²) >= 11 is 0. The third-order valence-electron chi connectivity index (χ3n) is 12.3. The van der Waals surface area contributed by atoms with Crippen molar-refractivity contribution in [1.82, 2.24) is 9.80 Å². The first-order chi connectivity index (χ1) is 25.9. The Bertz CT molecular complexity index is 2000. The van der Waals surface area contributed by atoms with E-state index >= 15 is 0 Å². The number of phenolic OH excluding ortho intramolecular Hbond substituents is 1. The number of hydrogen-bond acceptors (Lipinski definition) is 10. The number of aromatic hydroxyl groups is 1. The van der Waals surface area contributed by atoms with Gasteiger partial charge >= 0.3 is 0 Å². The fraction of sp³-hybridized carbons (Fsp3) is 0.442. The van der Waals surface area contributed by atoms with Crippen LogP contribution in [0.1, 0.15) is 66.2 Å². The molecule has 54 heavy (non-hydrogen) atoms. The topological polar surface area (TPSA) is 102 Å². The molecule has 4 aliphatic rings. The van der Waals surface area contributed by atoms with Crippen LogP contribution in [0.25, 0.3) is 0 Å². The Hall–Kier alpha value is -4.10. The van der Waals surface area contributed by atoms with Crippen LogP contribution in [0.15, 0.2) is 66.7 Å². The Labute approximate surface area is 319 Å². The first-order valence-electron chi connectivity index (χ1n) is 18.8. The molecule has 286 valence electrons. The molecule has 0 aliphatic carbocycles. The molecule has 2 unspecified atom stereocenters. The van der Waals surface area contributed by atoms with Gasteiger partial charge in [0.05, 0.1) is 31.8 Å². The fourth-order valence-corrected chi connectivity index (χ4v) is 14.6. The molecule has 8 rings (SSSR count). The van der Waals surface area contributed by atoms with Gasteiger partial charge in [-0.1, -0.05) is 87.5 Å². The number of phenols is 1. The monoisotopic (exact) mass is 752 g/mol. The van der Waals surface area contributed by atoms with E-state index in [1.807, 2.05) is 26.0 Å². The van der Waals surface area contributed by atoms with Gasteiger partial charge in [-0.3, -0.25) is 9.80 Å². The molecule has 4 aromatic carbocycles. The fourth-order valence-electron chi connectivity index (χ4n) is 10.0. The SMILES string of the molecule is COCOc1c(OC)c(C)cc2c1C1[C@@H]3Cc4c(O)c(C)c5c(c4[C@H](CO[Si](c4ccccc4)(c4ccccc4)C(C)(C)C)N3[C@@H](O)C(C2)N1C)OCO5. The Kier molecular flexibility index (Phi) is 9.47. The van der Waals surface area contributed by atoms with Crippen LogP contribution in [0.2, 0.25) is 5.04 Å². The largest absolute Gasteiger partial charge is 0.507 e. The molecule has 4 aliphatic heterocycles. The van der Waals surface area contributed by atoms with Crippen LogP contribution in [0.5, 0.6) is 28.7 Å². The molecule has 0 saturated carbocycles. The molecule has 2 N–H and O–H groups in total. The third-order valence-corrected chi connectivity index (χ3v) is 17.3. The summed E-state index contributed by atoms with van der Waals surface area (Å²) < 4.78 is 37.7. The summed E-state index contributed by atoms with van der Waals surface area (Å²) in [6, 6.07) is 22.1. The van der Waals surface area contributed by atoms with Gasteiger partial charge in [-0.15, -0.1) is 0 Å². The van der Waals surface area contributed by atoms with Crippen LogP contribution in [0.3, 0.4) is 0 Å². The molecule has 0 aromatic heterocycles. The highest BCUT2D eigenvalue weighted by molar-refractivity contribution is 6.99. The van der Waals surface area contributed by atoms with Crippen molar-refractivity contribution >= 4 is 18.7 Å². The first kappa shape index (κ1) is 36.9. The summed E-state index contributed by atoms with van der Waals surface area (Å²) in [5.74, 6) is 2.67. The third kappa shape index (κ3) is 5.46. The lowest BCUT2D eigenvalue weighted by Gasteiger charge is -2.60. The molecule has 4 aromatic rings. The van der Waals surface area contributed by atoms with E-state index in [9.17, 15) is 10.2 Å². The zero-order valence-electron chi connectivity index (χ0n) is 32.5. The van der Waals surface area contributed by atoms with Crippen LogP contribution < -0.4 is 29.3 Å². The van der Waals surface area contributed by atoms with Crippen molar-refractivity contribution < 1.29 is 38.3 Å². The molecule has 0 amide bonds. The average Bonchev–Trinajstić information content (AvgIpc) is 3.65. The van der Waals surface area contributed by atoms with Gasteiger partial charge in [0.15, 0.2) is 29.8 Å². The number of methoxy groups -OCH3 is 2. The van der Waals surface area contributed by atoms with E-state index in [4.69, 9.17) is 28.1 Å². The lowest BCUT2D eigenvalue weighted by atomic mass is 9.73. The minimum atomic E-state index is -3.03. The van der Waals surface area contributed by atoms with Crippen molar-refractivity contribution in [2.24, 2.45) is 0 Å². The molecule has 10 nitrogen and oxygen atoms in total. The molecule has 5 atom stereocenters. The van der Waals surface area contributed by atoms with Gasteiger partial charge in [0, 0.05) is 35.4 Å². The maximum Gasteiger partial charge on any atom is 0.261 e. The number of rotatable bonds is 9. The second-order valence-corrected chi connectivity index (χ2v) is 20.4. The Morgan fingerprint density at radius 3 is 2.13 bits per heavy atom. The lowest BCUT2D eigenvalue weighted by molar-refractivity contribution is -0.176. The van der Waals surface area contributed by atoms with Gasteiger partial charge in [-0.25, -0.2) is 0 Å². The summed E-state index contributed by atoms with van der Waals surface area (Å²) in [5, 5.41) is 26.8. The van der Waals surface area contributed by atoms with Gasteiger partial charge in [-0.05, 0) is 60.3 Å². The molecule has 0 radical (unpaired) electrons. The number of ether oxygens (including phenoxy) is 5. The van der Waals surface area contributed by atoms with Crippen LogP contribution in [0, 0.1) is 13.8 Å². The normalized spacial score (nSPS) is 23.4. The maximum absolute atomic E-state index is 12.7. The number of aliphatic hydroxyl groups is 1. The van der Waals surface area contributed by atoms with Crippen LogP contribution in [-0.4, -0.2) is 88.1 Å². The minimum Gasteiger partial charge on any atom is -0.507 e. The van der Waals surface area contributed by atoms with E-state index < -0.39 is 20.6 Å². The number of nitrogens with zero attached hydrogens (tertiary/aromatic N) is 2. The van der Waals surface area contributed by atoms with Gasteiger partial charge in [0.25, 0.3) is 8.32 Å². The highest BCUT2D eigenvalue weighted by Gasteiger charge is 2.58. The smallest absolute Gasteiger partial charge is 0.261 e. The van der Waals surface area contributed by atoms with Gasteiger partial charge in [0.2, 0.25) is 6.79 Å². The molecule has 1 fully saturated rings. The number of fused-ring (bicyclic) bond motifs is 9. The number of piperazine rings is 1. The highest BCUT2D eigenvalue weighted by atomic mass is 28.4. The molecular formula is C43H52N2O8Si. The van der Waals surface area contributed by atoms with Gasteiger partial charge in [0.1, 0.15) is 12.0 Å². The van der Waals surface area contributed by atoms with E-state index in [2.05, 4.69) is 92.2 Å². The lowest BCUT2D eigenvalue weighted by Crippen LogP contribution is -2.70. The summed E-state index contributed by atoms with van der Waals surface area (Å²) in [7, 11) is 2.33. The van der Waals surface area contributed by atoms with E-state index in [0.717, 1.165) is 27.8 Å². The summed E-state index contributed by atoms with van der Waals surface area (Å²) in [6.45, 7) is 11.1. The van der Waals surface area contributed by atoms with Crippen molar-refractivity contribution in [3.8, 4) is 28.7 Å². The first-order valence-corrected chi connectivity index (χ1v) is 20.7. The second kappa shape index (κ2) is 13.9. The molecule has 4 heterocycles. The van der Waals surface area contributed by atoms with Crippen molar-refractivity contribution in [1.29, 1.82) is 0 Å². The molecule has 11 heteroatoms. The Morgan fingerprint density at radius 1 is 0.870 bits per heavy atom. The summed E-state index contributed by atoms with van der Waals surface area (Å²) in [6.07, 6.45) is 0.192. The van der Waals surface area contributed by atoms with Crippen molar-refractivity contribution in [3.63, 3.8) is 0 Å². The zero-order chi connectivity index (χ0) is 38.1. The number of benzene rings is 4. The summed E-state index contributed by atoms with van der Waals surface area (Å²) in [4.78, 5) is 4.52.